The highest BCUT2D eigenvalue weighted by molar-refractivity contribution is 5.79. The van der Waals surface area contributed by atoms with Crippen molar-refractivity contribution in [3.8, 4) is 0 Å². The van der Waals surface area contributed by atoms with Crippen LogP contribution >= 0.6 is 0 Å². The summed E-state index contributed by atoms with van der Waals surface area (Å²) in [6.45, 7) is 4.73. The van der Waals surface area contributed by atoms with Gasteiger partial charge in [0.2, 0.25) is 0 Å². The van der Waals surface area contributed by atoms with E-state index >= 15 is 0 Å². The minimum absolute atomic E-state index is 0.464. The molecule has 23 heavy (non-hydrogen) atoms. The van der Waals surface area contributed by atoms with Crippen LogP contribution in [0.4, 0.5) is 0 Å². The summed E-state index contributed by atoms with van der Waals surface area (Å²) < 4.78 is 5.27. The number of benzene rings is 1. The van der Waals surface area contributed by atoms with Crippen LogP contribution in [0.5, 0.6) is 0 Å². The van der Waals surface area contributed by atoms with Gasteiger partial charge in [0.15, 0.2) is 5.96 Å². The van der Waals surface area contributed by atoms with E-state index in [1.165, 1.54) is 43.2 Å². The van der Waals surface area contributed by atoms with Gasteiger partial charge in [0.05, 0.1) is 6.61 Å². The maximum absolute atomic E-state index is 5.27. The molecule has 1 aromatic carbocycles. The molecule has 0 heterocycles. The predicted molar refractivity (Wildman–Crippen MR) is 96.5 cm³/mol. The highest BCUT2D eigenvalue weighted by atomic mass is 16.5. The second kappa shape index (κ2) is 8.92. The van der Waals surface area contributed by atoms with Gasteiger partial charge in [0, 0.05) is 27.2 Å². The summed E-state index contributed by atoms with van der Waals surface area (Å²) >= 11 is 0. The molecule has 0 aliphatic heterocycles. The lowest BCUT2D eigenvalue weighted by atomic mass is 9.83. The van der Waals surface area contributed by atoms with Crippen LogP contribution < -0.4 is 10.6 Å². The average Bonchev–Trinajstić information content (AvgIpc) is 3.06. The first-order valence-electron chi connectivity index (χ1n) is 8.73. The first-order valence-corrected chi connectivity index (χ1v) is 8.73. The second-order valence-electron chi connectivity index (χ2n) is 6.54. The zero-order chi connectivity index (χ0) is 16.5. The van der Waals surface area contributed by atoms with Crippen LogP contribution in [0, 0.1) is 5.41 Å². The lowest BCUT2D eigenvalue weighted by Gasteiger charge is -2.28. The van der Waals surface area contributed by atoms with E-state index in [1.807, 2.05) is 7.05 Å². The van der Waals surface area contributed by atoms with Gasteiger partial charge in [-0.05, 0) is 35.8 Å². The number of hydrogen-bond donors (Lipinski definition) is 2. The smallest absolute Gasteiger partial charge is 0.191 e. The lowest BCUT2D eigenvalue weighted by molar-refractivity contribution is 0.184. The molecule has 0 radical (unpaired) electrons. The van der Waals surface area contributed by atoms with Crippen molar-refractivity contribution in [2.24, 2.45) is 10.4 Å². The molecule has 0 amide bonds. The summed E-state index contributed by atoms with van der Waals surface area (Å²) in [5, 5.41) is 6.97. The zero-order valence-electron chi connectivity index (χ0n) is 14.8. The first-order chi connectivity index (χ1) is 11.2. The fourth-order valence-corrected chi connectivity index (χ4v) is 3.48. The first kappa shape index (κ1) is 17.8. The number of nitrogens with one attached hydrogen (secondary N) is 2. The van der Waals surface area contributed by atoms with Crippen molar-refractivity contribution in [1.29, 1.82) is 0 Å². The number of guanidine groups is 1. The molecule has 1 aromatic rings. The summed E-state index contributed by atoms with van der Waals surface area (Å²) in [6.07, 6.45) is 6.65. The molecule has 0 atom stereocenters. The Hall–Kier alpha value is -1.55. The standard InChI is InChI=1S/C19H31N3O/c1-4-19(11-7-8-12-19)15-22-18(20-2)21-13-16-9-5-6-10-17(16)14-23-3/h5-6,9-10H,4,7-8,11-15H2,1-3H3,(H2,20,21,22). The molecule has 0 bridgehead atoms. The maximum atomic E-state index is 5.27. The molecule has 1 saturated carbocycles. The Bertz CT molecular complexity index is 507. The van der Waals surface area contributed by atoms with Gasteiger partial charge < -0.3 is 15.4 Å². The highest BCUT2D eigenvalue weighted by Crippen LogP contribution is 2.40. The van der Waals surface area contributed by atoms with E-state index in [2.05, 4.69) is 46.8 Å². The van der Waals surface area contributed by atoms with Gasteiger partial charge in [0.1, 0.15) is 0 Å². The Labute approximate surface area is 140 Å². The van der Waals surface area contributed by atoms with Crippen LogP contribution in [0.25, 0.3) is 0 Å². The summed E-state index contributed by atoms with van der Waals surface area (Å²) in [6, 6.07) is 8.37. The van der Waals surface area contributed by atoms with Crippen LogP contribution in [-0.4, -0.2) is 26.7 Å². The molecule has 1 aliphatic rings. The molecule has 4 nitrogen and oxygen atoms in total. The van der Waals surface area contributed by atoms with E-state index in [9.17, 15) is 0 Å². The van der Waals surface area contributed by atoms with Crippen molar-refractivity contribution in [3.63, 3.8) is 0 Å². The van der Waals surface area contributed by atoms with Gasteiger partial charge in [-0.2, -0.15) is 0 Å². The van der Waals surface area contributed by atoms with Crippen LogP contribution in [0.3, 0.4) is 0 Å². The molecular weight excluding hydrogens is 286 g/mol. The molecule has 0 saturated heterocycles. The summed E-state index contributed by atoms with van der Waals surface area (Å²) in [5.74, 6) is 0.886. The SMILES string of the molecule is CCC1(CNC(=NC)NCc2ccccc2COC)CCCC1. The summed E-state index contributed by atoms with van der Waals surface area (Å²) in [7, 11) is 3.57. The average molecular weight is 317 g/mol. The molecule has 2 rings (SSSR count). The van der Waals surface area contributed by atoms with Crippen molar-refractivity contribution in [1.82, 2.24) is 10.6 Å². The Morgan fingerprint density at radius 1 is 1.17 bits per heavy atom. The van der Waals surface area contributed by atoms with E-state index in [-0.39, 0.29) is 0 Å². The van der Waals surface area contributed by atoms with Gasteiger partial charge in [-0.3, -0.25) is 4.99 Å². The van der Waals surface area contributed by atoms with Gasteiger partial charge in [-0.1, -0.05) is 44.0 Å². The largest absolute Gasteiger partial charge is 0.380 e. The van der Waals surface area contributed by atoms with E-state index in [0.717, 1.165) is 19.0 Å². The molecule has 1 fully saturated rings. The fourth-order valence-electron chi connectivity index (χ4n) is 3.48. The summed E-state index contributed by atoms with van der Waals surface area (Å²) in [5.41, 5.74) is 2.94. The van der Waals surface area contributed by atoms with E-state index < -0.39 is 0 Å². The Morgan fingerprint density at radius 3 is 2.48 bits per heavy atom. The number of hydrogen-bond acceptors (Lipinski definition) is 2. The van der Waals surface area contributed by atoms with Gasteiger partial charge in [-0.25, -0.2) is 0 Å². The Kier molecular flexibility index (Phi) is 6.90. The molecule has 0 aromatic heterocycles. The molecule has 4 heteroatoms. The topological polar surface area (TPSA) is 45.7 Å². The third-order valence-corrected chi connectivity index (χ3v) is 5.13. The van der Waals surface area contributed by atoms with E-state index in [4.69, 9.17) is 4.74 Å². The summed E-state index contributed by atoms with van der Waals surface area (Å²) in [4.78, 5) is 4.37. The predicted octanol–water partition coefficient (Wildman–Crippen LogP) is 3.47. The zero-order valence-corrected chi connectivity index (χ0v) is 14.8. The minimum Gasteiger partial charge on any atom is -0.380 e. The van der Waals surface area contributed by atoms with E-state index in [0.29, 0.717) is 12.0 Å². The third-order valence-electron chi connectivity index (χ3n) is 5.13. The minimum atomic E-state index is 0.464. The second-order valence-corrected chi connectivity index (χ2v) is 6.54. The third kappa shape index (κ3) is 4.96. The van der Waals surface area contributed by atoms with Crippen LogP contribution in [0.1, 0.15) is 50.2 Å². The van der Waals surface area contributed by atoms with Gasteiger partial charge >= 0.3 is 0 Å². The maximum Gasteiger partial charge on any atom is 0.191 e. The fraction of sp³-hybridized carbons (Fsp3) is 0.632. The van der Waals surface area contributed by atoms with Gasteiger partial charge in [0.25, 0.3) is 0 Å². The van der Waals surface area contributed by atoms with Crippen molar-refractivity contribution in [3.05, 3.63) is 35.4 Å². The number of methoxy groups -OCH3 is 1. The highest BCUT2D eigenvalue weighted by Gasteiger charge is 2.31. The van der Waals surface area contributed by atoms with Gasteiger partial charge in [-0.15, -0.1) is 0 Å². The van der Waals surface area contributed by atoms with E-state index in [1.54, 1.807) is 7.11 Å². The number of ether oxygens (including phenoxy) is 1. The lowest BCUT2D eigenvalue weighted by Crippen LogP contribution is -2.42. The molecular formula is C19H31N3O. The number of rotatable bonds is 7. The molecule has 0 spiro atoms. The Balaban J connectivity index is 1.88. The number of aliphatic imine (C=N–C) groups is 1. The van der Waals surface area contributed by atoms with Crippen molar-refractivity contribution < 1.29 is 4.74 Å². The normalized spacial score (nSPS) is 17.3. The van der Waals surface area contributed by atoms with Crippen molar-refractivity contribution in [2.45, 2.75) is 52.2 Å². The molecule has 128 valence electrons. The van der Waals surface area contributed by atoms with Crippen molar-refractivity contribution in [2.75, 3.05) is 20.7 Å². The quantitative estimate of drug-likeness (QED) is 0.598. The molecule has 2 N–H and O–H groups in total. The van der Waals surface area contributed by atoms with Crippen LogP contribution in [0.15, 0.2) is 29.3 Å². The molecule has 0 unspecified atom stereocenters. The Morgan fingerprint density at radius 2 is 1.87 bits per heavy atom. The van der Waals surface area contributed by atoms with Crippen molar-refractivity contribution >= 4 is 5.96 Å². The number of nitrogens with zero attached hydrogens (tertiary/aromatic N) is 1. The van der Waals surface area contributed by atoms with Crippen LogP contribution in [0.2, 0.25) is 0 Å². The van der Waals surface area contributed by atoms with Crippen LogP contribution in [-0.2, 0) is 17.9 Å². The molecule has 1 aliphatic carbocycles. The monoisotopic (exact) mass is 317 g/mol.